The van der Waals surface area contributed by atoms with Crippen molar-refractivity contribution in [3.63, 3.8) is 0 Å². The Morgan fingerprint density at radius 2 is 1.97 bits per heavy atom. The highest BCUT2D eigenvalue weighted by atomic mass is 16.2. The van der Waals surface area contributed by atoms with Gasteiger partial charge in [-0.25, -0.2) is 9.50 Å². The molecule has 0 aliphatic rings. The third-order valence-corrected chi connectivity index (χ3v) is 5.18. The highest BCUT2D eigenvalue weighted by Gasteiger charge is 2.19. The maximum Gasteiger partial charge on any atom is 0.272 e. The highest BCUT2D eigenvalue weighted by Crippen LogP contribution is 2.24. The molecular weight excluding hydrogens is 364 g/mol. The molecule has 4 aromatic rings. The lowest BCUT2D eigenvalue weighted by Gasteiger charge is -2.16. The summed E-state index contributed by atoms with van der Waals surface area (Å²) in [6.07, 6.45) is 4.36. The molecule has 0 spiro atoms. The van der Waals surface area contributed by atoms with Crippen LogP contribution in [0.2, 0.25) is 0 Å². The van der Waals surface area contributed by atoms with Gasteiger partial charge in [0.05, 0.1) is 17.9 Å². The Labute approximate surface area is 169 Å². The molecule has 29 heavy (non-hydrogen) atoms. The first-order chi connectivity index (χ1) is 14.1. The van der Waals surface area contributed by atoms with Crippen molar-refractivity contribution in [2.75, 3.05) is 0 Å². The van der Waals surface area contributed by atoms with Crippen molar-refractivity contribution >= 4 is 11.6 Å². The van der Waals surface area contributed by atoms with Crippen molar-refractivity contribution < 1.29 is 4.79 Å². The van der Waals surface area contributed by atoms with Crippen molar-refractivity contribution in [3.8, 4) is 11.3 Å². The van der Waals surface area contributed by atoms with E-state index in [1.165, 1.54) is 0 Å². The summed E-state index contributed by atoms with van der Waals surface area (Å²) in [4.78, 5) is 17.3. The second-order valence-electron chi connectivity index (χ2n) is 6.93. The number of amides is 1. The number of hydrogen-bond acceptors (Lipinski definition) is 4. The van der Waals surface area contributed by atoms with Crippen molar-refractivity contribution in [2.24, 2.45) is 0 Å². The summed E-state index contributed by atoms with van der Waals surface area (Å²) in [5, 5.41) is 12.1. The third kappa shape index (κ3) is 3.51. The first-order valence-electron chi connectivity index (χ1n) is 9.85. The van der Waals surface area contributed by atoms with Crippen molar-refractivity contribution in [1.29, 1.82) is 0 Å². The zero-order chi connectivity index (χ0) is 20.4. The molecule has 3 heterocycles. The fourth-order valence-electron chi connectivity index (χ4n) is 3.57. The number of aryl methyl sites for hydroxylation is 1. The number of nitrogens with one attached hydrogen (secondary N) is 1. The number of fused-ring (bicyclic) bond motifs is 1. The quantitative estimate of drug-likeness (QED) is 0.545. The highest BCUT2D eigenvalue weighted by molar-refractivity contribution is 5.93. The third-order valence-electron chi connectivity index (χ3n) is 5.18. The Morgan fingerprint density at radius 1 is 1.17 bits per heavy atom. The molecule has 0 aliphatic heterocycles. The van der Waals surface area contributed by atoms with Crippen LogP contribution >= 0.6 is 0 Å². The molecule has 0 bridgehead atoms. The number of hydrogen-bond donors (Lipinski definition) is 1. The summed E-state index contributed by atoms with van der Waals surface area (Å²) < 4.78 is 3.65. The number of carbonyl (C=O) groups excluding carboxylic acids is 1. The van der Waals surface area contributed by atoms with Crippen LogP contribution < -0.4 is 5.32 Å². The first kappa shape index (κ1) is 18.9. The fraction of sp³-hybridized carbons (Fsp3) is 0.273. The molecule has 1 atom stereocenters. The van der Waals surface area contributed by atoms with Crippen LogP contribution in [-0.2, 0) is 6.54 Å². The predicted molar refractivity (Wildman–Crippen MR) is 112 cm³/mol. The standard InChI is InChI=1S/C22H24N6O/c1-4-18(16-9-7-6-8-10-16)25-22(29)19-13-21-23-12-11-20(28(21)26-19)17-14-24-27(5-2)15(17)3/h6-14,18H,4-5H2,1-3H3,(H,25,29). The molecule has 0 aliphatic carbocycles. The van der Waals surface area contributed by atoms with E-state index in [-0.39, 0.29) is 11.9 Å². The minimum absolute atomic E-state index is 0.0639. The molecule has 0 fully saturated rings. The molecule has 4 rings (SSSR count). The van der Waals surface area contributed by atoms with Crippen molar-refractivity contribution in [3.05, 3.63) is 71.8 Å². The normalized spacial score (nSPS) is 12.2. The molecule has 1 amide bonds. The van der Waals surface area contributed by atoms with Gasteiger partial charge < -0.3 is 5.32 Å². The molecule has 0 radical (unpaired) electrons. The molecule has 7 heteroatoms. The number of aromatic nitrogens is 5. The van der Waals surface area contributed by atoms with E-state index in [2.05, 4.69) is 34.3 Å². The van der Waals surface area contributed by atoms with Crippen molar-refractivity contribution in [2.45, 2.75) is 39.8 Å². The molecule has 1 N–H and O–H groups in total. The van der Waals surface area contributed by atoms with Gasteiger partial charge in [0.15, 0.2) is 11.3 Å². The Hall–Kier alpha value is -3.48. The monoisotopic (exact) mass is 388 g/mol. The number of rotatable bonds is 6. The van der Waals surface area contributed by atoms with Crippen LogP contribution in [-0.4, -0.2) is 30.3 Å². The largest absolute Gasteiger partial charge is 0.344 e. The first-order valence-corrected chi connectivity index (χ1v) is 9.85. The van der Waals surface area contributed by atoms with Gasteiger partial charge in [-0.15, -0.1) is 0 Å². The molecule has 1 unspecified atom stereocenters. The van der Waals surface area contributed by atoms with Crippen LogP contribution in [0.25, 0.3) is 16.9 Å². The Morgan fingerprint density at radius 3 is 2.66 bits per heavy atom. The lowest BCUT2D eigenvalue weighted by atomic mass is 10.0. The molecule has 7 nitrogen and oxygen atoms in total. The Balaban J connectivity index is 1.67. The van der Waals surface area contributed by atoms with Gasteiger partial charge in [-0.2, -0.15) is 10.2 Å². The van der Waals surface area contributed by atoms with Gasteiger partial charge in [-0.3, -0.25) is 9.48 Å². The minimum Gasteiger partial charge on any atom is -0.344 e. The van der Waals surface area contributed by atoms with E-state index >= 15 is 0 Å². The zero-order valence-electron chi connectivity index (χ0n) is 16.8. The van der Waals surface area contributed by atoms with Gasteiger partial charge in [0.1, 0.15) is 0 Å². The van der Waals surface area contributed by atoms with E-state index < -0.39 is 0 Å². The summed E-state index contributed by atoms with van der Waals surface area (Å²) in [7, 11) is 0. The van der Waals surface area contributed by atoms with Crippen LogP contribution in [0.3, 0.4) is 0 Å². The lowest BCUT2D eigenvalue weighted by Crippen LogP contribution is -2.28. The maximum atomic E-state index is 12.9. The second kappa shape index (κ2) is 7.87. The van der Waals surface area contributed by atoms with E-state index in [1.807, 2.05) is 54.2 Å². The van der Waals surface area contributed by atoms with Gasteiger partial charge in [0.2, 0.25) is 0 Å². The zero-order valence-corrected chi connectivity index (χ0v) is 16.8. The van der Waals surface area contributed by atoms with E-state index in [0.29, 0.717) is 11.3 Å². The molecule has 148 valence electrons. The van der Waals surface area contributed by atoms with Gasteiger partial charge in [-0.05, 0) is 31.9 Å². The molecule has 3 aromatic heterocycles. The second-order valence-corrected chi connectivity index (χ2v) is 6.93. The topological polar surface area (TPSA) is 77.1 Å². The van der Waals surface area contributed by atoms with E-state index in [0.717, 1.165) is 35.5 Å². The smallest absolute Gasteiger partial charge is 0.272 e. The van der Waals surface area contributed by atoms with Crippen LogP contribution in [0.1, 0.15) is 48.1 Å². The molecule has 0 saturated heterocycles. The molecule has 1 aromatic carbocycles. The fourth-order valence-corrected chi connectivity index (χ4v) is 3.57. The van der Waals surface area contributed by atoms with E-state index in [1.54, 1.807) is 16.8 Å². The van der Waals surface area contributed by atoms with Crippen molar-refractivity contribution in [1.82, 2.24) is 29.7 Å². The van der Waals surface area contributed by atoms with Crippen LogP contribution in [0.15, 0.2) is 54.9 Å². The number of benzene rings is 1. The van der Waals surface area contributed by atoms with E-state index in [4.69, 9.17) is 0 Å². The van der Waals surface area contributed by atoms with Gasteiger partial charge in [-0.1, -0.05) is 37.3 Å². The minimum atomic E-state index is -0.210. The average molecular weight is 388 g/mol. The molecule has 0 saturated carbocycles. The summed E-state index contributed by atoms with van der Waals surface area (Å²) in [5.74, 6) is -0.210. The Kier molecular flexibility index (Phi) is 5.12. The average Bonchev–Trinajstić information content (AvgIpc) is 3.35. The van der Waals surface area contributed by atoms with E-state index in [9.17, 15) is 4.79 Å². The Bertz CT molecular complexity index is 1140. The summed E-state index contributed by atoms with van der Waals surface area (Å²) in [6, 6.07) is 13.5. The summed E-state index contributed by atoms with van der Waals surface area (Å²) in [6.45, 7) is 6.93. The maximum absolute atomic E-state index is 12.9. The lowest BCUT2D eigenvalue weighted by molar-refractivity contribution is 0.0930. The van der Waals surface area contributed by atoms with Gasteiger partial charge in [0.25, 0.3) is 5.91 Å². The van der Waals surface area contributed by atoms with Crippen LogP contribution in [0.5, 0.6) is 0 Å². The SMILES string of the molecule is CCC(NC(=O)c1cc2nccc(-c3cnn(CC)c3C)n2n1)c1ccccc1. The molecular formula is C22H24N6O. The van der Waals surface area contributed by atoms with Crippen LogP contribution in [0.4, 0.5) is 0 Å². The van der Waals surface area contributed by atoms with Crippen LogP contribution in [0, 0.1) is 6.92 Å². The summed E-state index contributed by atoms with van der Waals surface area (Å²) >= 11 is 0. The van der Waals surface area contributed by atoms with Gasteiger partial charge >= 0.3 is 0 Å². The number of nitrogens with zero attached hydrogens (tertiary/aromatic N) is 5. The number of carbonyl (C=O) groups is 1. The summed E-state index contributed by atoms with van der Waals surface area (Å²) in [5.41, 5.74) is 4.94. The van der Waals surface area contributed by atoms with Gasteiger partial charge in [0, 0.05) is 30.1 Å². The predicted octanol–water partition coefficient (Wildman–Crippen LogP) is 3.80.